The maximum atomic E-state index is 12.4. The molecule has 2 aromatic heterocycles. The van der Waals surface area contributed by atoms with Crippen molar-refractivity contribution in [2.24, 2.45) is 12.0 Å². The largest absolute Gasteiger partial charge is 0.494 e. The minimum atomic E-state index is -4.50. The molecule has 0 fully saturated rings. The highest BCUT2D eigenvalue weighted by molar-refractivity contribution is 6.14. The van der Waals surface area contributed by atoms with Gasteiger partial charge in [-0.15, -0.1) is 0 Å². The number of aromatic hydroxyl groups is 1. The van der Waals surface area contributed by atoms with E-state index < -0.39 is 18.6 Å². The number of amides is 1. The fraction of sp³-hybridized carbons (Fsp3) is 0.316. The SMILES string of the molecule is CCC(=Nc1cn(C)nc1C)c1c(O)[nH]c2ccc(C(=O)NCC(F)(F)F)cc12. The van der Waals surface area contributed by atoms with Crippen LogP contribution in [0.5, 0.6) is 5.88 Å². The Bertz CT molecular complexity index is 1100. The number of nitrogens with one attached hydrogen (secondary N) is 2. The lowest BCUT2D eigenvalue weighted by atomic mass is 10.0. The Hall–Kier alpha value is -3.30. The number of halogens is 3. The molecule has 0 radical (unpaired) electrons. The number of nitrogens with zero attached hydrogens (tertiary/aromatic N) is 3. The Morgan fingerprint density at radius 1 is 1.38 bits per heavy atom. The third-order valence-corrected chi connectivity index (χ3v) is 4.36. The van der Waals surface area contributed by atoms with Crippen LogP contribution in [0.3, 0.4) is 0 Å². The molecular weight excluding hydrogens is 387 g/mol. The monoisotopic (exact) mass is 407 g/mol. The van der Waals surface area contributed by atoms with Crippen molar-refractivity contribution in [3.05, 3.63) is 41.2 Å². The molecule has 0 saturated heterocycles. The Morgan fingerprint density at radius 3 is 2.69 bits per heavy atom. The van der Waals surface area contributed by atoms with E-state index in [0.717, 1.165) is 0 Å². The Morgan fingerprint density at radius 2 is 2.10 bits per heavy atom. The first kappa shape index (κ1) is 20.4. The van der Waals surface area contributed by atoms with Gasteiger partial charge in [0.05, 0.1) is 23.2 Å². The predicted molar refractivity (Wildman–Crippen MR) is 103 cm³/mol. The summed E-state index contributed by atoms with van der Waals surface area (Å²) in [5.41, 5.74) is 2.89. The van der Waals surface area contributed by atoms with Gasteiger partial charge in [0.25, 0.3) is 5.91 Å². The lowest BCUT2D eigenvalue weighted by molar-refractivity contribution is -0.123. The van der Waals surface area contributed by atoms with Gasteiger partial charge in [-0.2, -0.15) is 18.3 Å². The van der Waals surface area contributed by atoms with Crippen LogP contribution in [0, 0.1) is 6.92 Å². The number of fused-ring (bicyclic) bond motifs is 1. The third kappa shape index (κ3) is 4.41. The van der Waals surface area contributed by atoms with Gasteiger partial charge in [0, 0.05) is 23.5 Å². The molecule has 3 N–H and O–H groups in total. The molecule has 3 aromatic rings. The van der Waals surface area contributed by atoms with Gasteiger partial charge < -0.3 is 15.4 Å². The number of hydrogen-bond acceptors (Lipinski definition) is 4. The molecule has 0 unspecified atom stereocenters. The van der Waals surface area contributed by atoms with Gasteiger partial charge in [0.1, 0.15) is 12.2 Å². The summed E-state index contributed by atoms with van der Waals surface area (Å²) in [4.78, 5) is 19.5. The average molecular weight is 407 g/mol. The van der Waals surface area contributed by atoms with Crippen LogP contribution in [0.15, 0.2) is 29.4 Å². The average Bonchev–Trinajstić information content (AvgIpc) is 3.13. The number of hydrogen-bond donors (Lipinski definition) is 3. The lowest BCUT2D eigenvalue weighted by Crippen LogP contribution is -2.33. The number of benzene rings is 1. The minimum Gasteiger partial charge on any atom is -0.494 e. The first-order chi connectivity index (χ1) is 13.6. The van der Waals surface area contributed by atoms with Crippen LogP contribution in [0.25, 0.3) is 10.9 Å². The van der Waals surface area contributed by atoms with Crippen LogP contribution in [-0.2, 0) is 7.05 Å². The maximum absolute atomic E-state index is 12.4. The quantitative estimate of drug-likeness (QED) is 0.563. The van der Waals surface area contributed by atoms with E-state index in [0.29, 0.717) is 40.0 Å². The number of carbonyl (C=O) groups is 1. The molecule has 7 nitrogen and oxygen atoms in total. The zero-order valence-electron chi connectivity index (χ0n) is 16.1. The molecule has 0 atom stereocenters. The van der Waals surface area contributed by atoms with E-state index in [1.54, 1.807) is 17.9 Å². The van der Waals surface area contributed by atoms with Gasteiger partial charge in [-0.25, -0.2) is 4.99 Å². The molecular formula is C19H20F3N5O2. The molecule has 10 heteroatoms. The fourth-order valence-electron chi connectivity index (χ4n) is 3.05. The number of aliphatic imine (C=N–C) groups is 1. The zero-order valence-corrected chi connectivity index (χ0v) is 16.1. The number of carbonyl (C=O) groups excluding carboxylic acids is 1. The third-order valence-electron chi connectivity index (χ3n) is 4.36. The standard InChI is InChI=1S/C19H20F3N5O2/c1-4-13(24-15-8-27(3)26-10(15)2)16-12-7-11(5-6-14(12)25-18(16)29)17(28)23-9-19(20,21)22/h5-8,25,29H,4,9H2,1-3H3,(H,23,28). The van der Waals surface area contributed by atoms with Gasteiger partial charge in [0.15, 0.2) is 5.88 Å². The van der Waals surface area contributed by atoms with Crippen LogP contribution in [0.2, 0.25) is 0 Å². The number of alkyl halides is 3. The summed E-state index contributed by atoms with van der Waals surface area (Å²) in [5.74, 6) is -0.982. The summed E-state index contributed by atoms with van der Waals surface area (Å²) >= 11 is 0. The van der Waals surface area contributed by atoms with E-state index in [2.05, 4.69) is 15.1 Å². The zero-order chi connectivity index (χ0) is 21.3. The van der Waals surface area contributed by atoms with Crippen molar-refractivity contribution < 1.29 is 23.1 Å². The van der Waals surface area contributed by atoms with Crippen molar-refractivity contribution >= 4 is 28.2 Å². The summed E-state index contributed by atoms with van der Waals surface area (Å²) in [6.45, 7) is 2.25. The molecule has 1 aromatic carbocycles. The smallest absolute Gasteiger partial charge is 0.405 e. The van der Waals surface area contributed by atoms with Crippen molar-refractivity contribution in [2.75, 3.05) is 6.54 Å². The molecule has 1 amide bonds. The van der Waals surface area contributed by atoms with Gasteiger partial charge in [-0.3, -0.25) is 9.48 Å². The first-order valence-electron chi connectivity index (χ1n) is 8.87. The molecule has 3 rings (SSSR count). The van der Waals surface area contributed by atoms with Crippen LogP contribution < -0.4 is 5.32 Å². The molecule has 0 saturated carbocycles. The number of aromatic nitrogens is 3. The summed E-state index contributed by atoms with van der Waals surface area (Å²) in [6, 6.07) is 4.36. The van der Waals surface area contributed by atoms with Crippen LogP contribution >= 0.6 is 0 Å². The summed E-state index contributed by atoms with van der Waals surface area (Å²) in [5, 5.41) is 17.0. The normalized spacial score (nSPS) is 12.6. The van der Waals surface area contributed by atoms with Crippen LogP contribution in [-0.4, -0.2) is 44.2 Å². The van der Waals surface area contributed by atoms with Gasteiger partial charge in [0.2, 0.25) is 0 Å². The minimum absolute atomic E-state index is 0.0509. The van der Waals surface area contributed by atoms with Crippen molar-refractivity contribution in [2.45, 2.75) is 26.4 Å². The second kappa shape index (κ2) is 7.61. The van der Waals surface area contributed by atoms with E-state index in [-0.39, 0.29) is 11.4 Å². The van der Waals surface area contributed by atoms with E-state index in [4.69, 9.17) is 0 Å². The molecule has 2 heterocycles. The topological polar surface area (TPSA) is 95.3 Å². The van der Waals surface area contributed by atoms with E-state index >= 15 is 0 Å². The van der Waals surface area contributed by atoms with Crippen molar-refractivity contribution in [1.29, 1.82) is 0 Å². The van der Waals surface area contributed by atoms with Crippen molar-refractivity contribution in [3.63, 3.8) is 0 Å². The molecule has 154 valence electrons. The molecule has 0 aliphatic carbocycles. The lowest BCUT2D eigenvalue weighted by Gasteiger charge is -2.09. The highest BCUT2D eigenvalue weighted by atomic mass is 19.4. The molecule has 0 aliphatic rings. The Labute approximate surface area is 164 Å². The van der Waals surface area contributed by atoms with Crippen molar-refractivity contribution in [3.8, 4) is 5.88 Å². The van der Waals surface area contributed by atoms with E-state index in [1.807, 2.05) is 19.2 Å². The number of aromatic amines is 1. The van der Waals surface area contributed by atoms with Crippen molar-refractivity contribution in [1.82, 2.24) is 20.1 Å². The number of rotatable bonds is 5. The molecule has 29 heavy (non-hydrogen) atoms. The van der Waals surface area contributed by atoms with Crippen LogP contribution in [0.1, 0.15) is 35.0 Å². The molecule has 0 bridgehead atoms. The number of H-pyrrole nitrogens is 1. The summed E-state index contributed by atoms with van der Waals surface area (Å²) in [6.07, 6.45) is -2.28. The Balaban J connectivity index is 2.04. The molecule has 0 aliphatic heterocycles. The fourth-order valence-corrected chi connectivity index (χ4v) is 3.05. The maximum Gasteiger partial charge on any atom is 0.405 e. The van der Waals surface area contributed by atoms with Crippen LogP contribution in [0.4, 0.5) is 18.9 Å². The highest BCUT2D eigenvalue weighted by Gasteiger charge is 2.28. The predicted octanol–water partition coefficient (Wildman–Crippen LogP) is 3.74. The highest BCUT2D eigenvalue weighted by Crippen LogP contribution is 2.31. The molecule has 0 spiro atoms. The first-order valence-corrected chi connectivity index (χ1v) is 8.87. The summed E-state index contributed by atoms with van der Waals surface area (Å²) in [7, 11) is 1.77. The van der Waals surface area contributed by atoms with Gasteiger partial charge >= 0.3 is 6.18 Å². The van der Waals surface area contributed by atoms with Gasteiger partial charge in [-0.05, 0) is 31.5 Å². The Kier molecular flexibility index (Phi) is 5.36. The summed E-state index contributed by atoms with van der Waals surface area (Å²) < 4.78 is 38.7. The van der Waals surface area contributed by atoms with E-state index in [9.17, 15) is 23.1 Å². The van der Waals surface area contributed by atoms with E-state index in [1.165, 1.54) is 18.2 Å². The second-order valence-corrected chi connectivity index (χ2v) is 6.59. The second-order valence-electron chi connectivity index (χ2n) is 6.59. The number of aryl methyl sites for hydroxylation is 2. The van der Waals surface area contributed by atoms with Gasteiger partial charge in [-0.1, -0.05) is 6.92 Å².